The molecular formula is C32H42ClN3O2. The third-order valence-electron chi connectivity index (χ3n) is 9.66. The number of nitrogens with zero attached hydrogens (tertiary/aromatic N) is 1. The van der Waals surface area contributed by atoms with Crippen molar-refractivity contribution in [2.75, 3.05) is 24.9 Å². The quantitative estimate of drug-likeness (QED) is 0.284. The number of halogens is 1. The van der Waals surface area contributed by atoms with E-state index < -0.39 is 0 Å². The lowest BCUT2D eigenvalue weighted by Gasteiger charge is -2.57. The van der Waals surface area contributed by atoms with Crippen LogP contribution in [0.5, 0.6) is 5.75 Å². The second kappa shape index (κ2) is 10.7. The van der Waals surface area contributed by atoms with Crippen molar-refractivity contribution >= 4 is 23.2 Å². The molecule has 2 N–H and O–H groups in total. The molecule has 4 fully saturated rings. The van der Waals surface area contributed by atoms with Crippen LogP contribution in [0.4, 0.5) is 5.69 Å². The molecule has 2 aromatic rings. The van der Waals surface area contributed by atoms with Crippen LogP contribution < -0.4 is 15.4 Å². The van der Waals surface area contributed by atoms with Crippen molar-refractivity contribution in [2.24, 2.45) is 17.8 Å². The number of hydrogen-bond donors (Lipinski definition) is 2. The maximum Gasteiger partial charge on any atom is 0.239 e. The summed E-state index contributed by atoms with van der Waals surface area (Å²) in [4.78, 5) is 15.3. The number of anilines is 1. The molecule has 5 nitrogen and oxygen atoms in total. The van der Waals surface area contributed by atoms with Crippen LogP contribution in [0, 0.1) is 17.8 Å². The lowest BCUT2D eigenvalue weighted by molar-refractivity contribution is -0.134. The molecule has 5 aliphatic rings. The van der Waals surface area contributed by atoms with Gasteiger partial charge in [-0.2, -0.15) is 0 Å². The number of fused-ring (bicyclic) bond motifs is 1. The van der Waals surface area contributed by atoms with Gasteiger partial charge < -0.3 is 15.0 Å². The molecule has 4 bridgehead atoms. The van der Waals surface area contributed by atoms with Gasteiger partial charge in [-0.1, -0.05) is 31.5 Å². The molecular weight excluding hydrogens is 494 g/mol. The number of carbonyl (C=O) groups is 1. The number of nitrogens with one attached hydrogen (secondary N) is 2. The van der Waals surface area contributed by atoms with Gasteiger partial charge in [0.25, 0.3) is 0 Å². The molecule has 204 valence electrons. The van der Waals surface area contributed by atoms with Crippen molar-refractivity contribution in [1.82, 2.24) is 10.2 Å². The van der Waals surface area contributed by atoms with Gasteiger partial charge in [0, 0.05) is 17.6 Å². The number of ether oxygens (including phenoxy) is 1. The van der Waals surface area contributed by atoms with E-state index in [9.17, 15) is 4.79 Å². The molecule has 6 heteroatoms. The fraction of sp³-hybridized carbons (Fsp3) is 0.594. The maximum atomic E-state index is 13.3. The SMILES string of the molecule is CCCCN[C@H]1Cc2cc(OC)ccc2[C@H](c2ccc(NC34CC5CC(CC(C5)C3)C4)cc2)N1C(=O)CCl. The number of hydrogen-bond acceptors (Lipinski definition) is 4. The van der Waals surface area contributed by atoms with Gasteiger partial charge >= 0.3 is 0 Å². The van der Waals surface area contributed by atoms with Crippen molar-refractivity contribution in [2.45, 2.75) is 82.5 Å². The highest BCUT2D eigenvalue weighted by molar-refractivity contribution is 6.27. The third kappa shape index (κ3) is 4.93. The van der Waals surface area contributed by atoms with E-state index in [4.69, 9.17) is 16.3 Å². The molecule has 0 saturated heterocycles. The van der Waals surface area contributed by atoms with E-state index in [1.54, 1.807) is 7.11 Å². The van der Waals surface area contributed by atoms with Crippen molar-refractivity contribution in [1.29, 1.82) is 0 Å². The Labute approximate surface area is 232 Å². The summed E-state index contributed by atoms with van der Waals surface area (Å²) < 4.78 is 5.55. The predicted molar refractivity (Wildman–Crippen MR) is 154 cm³/mol. The molecule has 1 amide bonds. The van der Waals surface area contributed by atoms with E-state index >= 15 is 0 Å². The number of unbranched alkanes of at least 4 members (excludes halogenated alkanes) is 1. The highest BCUT2D eigenvalue weighted by atomic mass is 35.5. The summed E-state index contributed by atoms with van der Waals surface area (Å²) in [6.45, 7) is 3.05. The van der Waals surface area contributed by atoms with E-state index in [-0.39, 0.29) is 29.5 Å². The molecule has 2 atom stereocenters. The number of alkyl halides is 1. The largest absolute Gasteiger partial charge is 0.497 e. The first-order chi connectivity index (χ1) is 18.5. The van der Waals surface area contributed by atoms with Gasteiger partial charge in [0.15, 0.2) is 0 Å². The fourth-order valence-corrected chi connectivity index (χ4v) is 8.59. The van der Waals surface area contributed by atoms with Gasteiger partial charge in [0.2, 0.25) is 5.91 Å². The molecule has 4 saturated carbocycles. The second-order valence-electron chi connectivity index (χ2n) is 12.4. The maximum absolute atomic E-state index is 13.3. The lowest BCUT2D eigenvalue weighted by atomic mass is 9.53. The van der Waals surface area contributed by atoms with Crippen LogP contribution in [-0.4, -0.2) is 42.0 Å². The molecule has 0 spiro atoms. The van der Waals surface area contributed by atoms with Crippen molar-refractivity contribution in [3.8, 4) is 5.75 Å². The zero-order valence-electron chi connectivity index (χ0n) is 22.8. The van der Waals surface area contributed by atoms with Crippen LogP contribution in [0.3, 0.4) is 0 Å². The minimum atomic E-state index is -0.191. The van der Waals surface area contributed by atoms with Gasteiger partial charge in [0.05, 0.1) is 19.3 Å². The van der Waals surface area contributed by atoms with Crippen molar-refractivity contribution in [3.05, 3.63) is 59.2 Å². The number of rotatable bonds is 9. The first kappa shape index (κ1) is 26.0. The topological polar surface area (TPSA) is 53.6 Å². The van der Waals surface area contributed by atoms with Crippen LogP contribution in [0.2, 0.25) is 0 Å². The standard InChI is InChI=1S/C32H42ClN3O2/c1-3-4-11-34-29-16-25-15-27(38-2)9-10-28(25)31(36(29)30(37)20-33)24-5-7-26(8-6-24)35-32-17-21-12-22(18-32)14-23(13-21)19-32/h5-10,15,21-23,29,31,34-35H,3-4,11-14,16-20H2,1-2H3/t21?,22?,23?,29-,31+,32?/m1/s1. The minimum Gasteiger partial charge on any atom is -0.497 e. The Bertz CT molecular complexity index is 1110. The first-order valence-electron chi connectivity index (χ1n) is 14.7. The van der Waals surface area contributed by atoms with Crippen LogP contribution in [0.25, 0.3) is 0 Å². The summed E-state index contributed by atoms with van der Waals surface area (Å²) in [6, 6.07) is 14.9. The molecule has 1 heterocycles. The van der Waals surface area contributed by atoms with Gasteiger partial charge in [-0.05, 0) is 110 Å². The Morgan fingerprint density at radius 1 is 1.05 bits per heavy atom. The Morgan fingerprint density at radius 3 is 2.34 bits per heavy atom. The summed E-state index contributed by atoms with van der Waals surface area (Å²) >= 11 is 6.19. The normalized spacial score (nSPS) is 31.2. The zero-order valence-corrected chi connectivity index (χ0v) is 23.6. The average molecular weight is 536 g/mol. The van der Waals surface area contributed by atoms with E-state index in [2.05, 4.69) is 54.0 Å². The first-order valence-corrected chi connectivity index (χ1v) is 15.2. The number of benzene rings is 2. The van der Waals surface area contributed by atoms with Crippen LogP contribution >= 0.6 is 11.6 Å². The predicted octanol–water partition coefficient (Wildman–Crippen LogP) is 6.50. The average Bonchev–Trinajstić information content (AvgIpc) is 2.91. The molecule has 38 heavy (non-hydrogen) atoms. The Balaban J connectivity index is 1.30. The highest BCUT2D eigenvalue weighted by Gasteiger charge is 2.51. The Kier molecular flexibility index (Phi) is 7.34. The summed E-state index contributed by atoms with van der Waals surface area (Å²) in [5.74, 6) is 3.52. The van der Waals surface area contributed by atoms with Crippen LogP contribution in [0.15, 0.2) is 42.5 Å². The summed E-state index contributed by atoms with van der Waals surface area (Å²) in [5, 5.41) is 7.66. The number of carbonyl (C=O) groups excluding carboxylic acids is 1. The molecule has 0 aromatic heterocycles. The smallest absolute Gasteiger partial charge is 0.239 e. The monoisotopic (exact) mass is 535 g/mol. The van der Waals surface area contributed by atoms with E-state index in [0.717, 1.165) is 60.4 Å². The molecule has 0 unspecified atom stereocenters. The fourth-order valence-electron chi connectivity index (χ4n) is 8.45. The Morgan fingerprint density at radius 2 is 1.74 bits per heavy atom. The summed E-state index contributed by atoms with van der Waals surface area (Å²) in [5.41, 5.74) is 4.97. The van der Waals surface area contributed by atoms with Gasteiger partial charge in [-0.15, -0.1) is 11.6 Å². The lowest BCUT2D eigenvalue weighted by Crippen LogP contribution is -2.55. The molecule has 4 aliphatic carbocycles. The van der Waals surface area contributed by atoms with Gasteiger partial charge in [0.1, 0.15) is 11.6 Å². The third-order valence-corrected chi connectivity index (χ3v) is 9.89. The second-order valence-corrected chi connectivity index (χ2v) is 12.6. The summed E-state index contributed by atoms with van der Waals surface area (Å²) in [7, 11) is 1.71. The minimum absolute atomic E-state index is 0.0282. The number of amides is 1. The summed E-state index contributed by atoms with van der Waals surface area (Å²) in [6.07, 6.45) is 11.1. The van der Waals surface area contributed by atoms with Gasteiger partial charge in [-0.25, -0.2) is 0 Å². The van der Waals surface area contributed by atoms with Gasteiger partial charge in [-0.3, -0.25) is 10.1 Å². The van der Waals surface area contributed by atoms with E-state index in [1.807, 2.05) is 11.0 Å². The van der Waals surface area contributed by atoms with Crippen molar-refractivity contribution in [3.63, 3.8) is 0 Å². The molecule has 1 aliphatic heterocycles. The highest BCUT2D eigenvalue weighted by Crippen LogP contribution is 2.56. The van der Waals surface area contributed by atoms with Crippen LogP contribution in [0.1, 0.15) is 81.0 Å². The molecule has 0 radical (unpaired) electrons. The van der Waals surface area contributed by atoms with Crippen molar-refractivity contribution < 1.29 is 9.53 Å². The molecule has 7 rings (SSSR count). The van der Waals surface area contributed by atoms with E-state index in [0.29, 0.717) is 0 Å². The molecule has 2 aromatic carbocycles. The number of methoxy groups -OCH3 is 1. The van der Waals surface area contributed by atoms with E-state index in [1.165, 1.54) is 49.8 Å². The zero-order chi connectivity index (χ0) is 26.3. The van der Waals surface area contributed by atoms with Crippen LogP contribution in [-0.2, 0) is 11.2 Å². The Hall–Kier alpha value is -2.24.